The Morgan fingerprint density at radius 2 is 1.73 bits per heavy atom. The van der Waals surface area contributed by atoms with E-state index in [0.29, 0.717) is 6.42 Å². The monoisotopic (exact) mass is 164 g/mol. The average molecular weight is 164 g/mol. The lowest BCUT2D eigenvalue weighted by Gasteiger charge is -1.97. The van der Waals surface area contributed by atoms with Crippen molar-refractivity contribution in [1.82, 2.24) is 0 Å². The minimum absolute atomic E-state index is 0.495. The van der Waals surface area contributed by atoms with Crippen LogP contribution >= 0.6 is 0 Å². The highest BCUT2D eigenvalue weighted by atomic mass is 16.4. The fourth-order valence-electron chi connectivity index (χ4n) is 0.175. The lowest BCUT2D eigenvalue weighted by molar-refractivity contribution is -0.138. The van der Waals surface area contributed by atoms with Crippen molar-refractivity contribution in [3.05, 3.63) is 0 Å². The number of aliphatic carboxylic acids is 1. The van der Waals surface area contributed by atoms with Gasteiger partial charge in [-0.2, -0.15) is 0 Å². The lowest BCUT2D eigenvalue weighted by Crippen LogP contribution is -2.28. The molecule has 66 valence electrons. The molecule has 0 bridgehead atoms. The van der Waals surface area contributed by atoms with E-state index >= 15 is 0 Å². The Labute approximate surface area is 63.8 Å². The van der Waals surface area contributed by atoms with Gasteiger partial charge in [0.1, 0.15) is 6.04 Å². The third kappa shape index (κ3) is 17.7. The van der Waals surface area contributed by atoms with Crippen molar-refractivity contribution in [2.45, 2.75) is 19.4 Å². The van der Waals surface area contributed by atoms with E-state index < -0.39 is 18.1 Å². The largest absolute Gasteiger partial charge is 0.480 e. The van der Waals surface area contributed by atoms with Gasteiger partial charge in [-0.25, -0.2) is 4.79 Å². The molecule has 6 heteroatoms. The number of amides is 1. The van der Waals surface area contributed by atoms with Crippen molar-refractivity contribution in [2.75, 3.05) is 0 Å². The predicted molar refractivity (Wildman–Crippen MR) is 38.1 cm³/mol. The second-order valence-corrected chi connectivity index (χ2v) is 1.69. The fourth-order valence-corrected chi connectivity index (χ4v) is 0.175. The molecular formula is C5H12N2O4. The molecule has 6 nitrogen and oxygen atoms in total. The van der Waals surface area contributed by atoms with Crippen LogP contribution in [0.2, 0.25) is 0 Å². The lowest BCUT2D eigenvalue weighted by atomic mass is 10.2. The second kappa shape index (κ2) is 6.81. The molecule has 11 heavy (non-hydrogen) atoms. The minimum atomic E-state index is -1.33. The summed E-state index contributed by atoms with van der Waals surface area (Å²) in [6.45, 7) is 1.73. The van der Waals surface area contributed by atoms with E-state index in [4.69, 9.17) is 20.7 Å². The van der Waals surface area contributed by atoms with Crippen molar-refractivity contribution in [2.24, 2.45) is 11.5 Å². The smallest absolute Gasteiger partial charge is 0.402 e. The molecule has 0 aromatic heterocycles. The first kappa shape index (κ1) is 12.4. The van der Waals surface area contributed by atoms with Crippen molar-refractivity contribution >= 4 is 12.1 Å². The van der Waals surface area contributed by atoms with Crippen LogP contribution in [0.1, 0.15) is 13.3 Å². The third-order valence-electron chi connectivity index (χ3n) is 0.757. The highest BCUT2D eigenvalue weighted by Gasteiger charge is 2.05. The summed E-state index contributed by atoms with van der Waals surface area (Å²) in [6.07, 6.45) is -0.838. The van der Waals surface area contributed by atoms with E-state index in [1.54, 1.807) is 6.92 Å². The summed E-state index contributed by atoms with van der Waals surface area (Å²) in [5.41, 5.74) is 9.04. The molecule has 6 N–H and O–H groups in total. The van der Waals surface area contributed by atoms with Crippen LogP contribution in [0.5, 0.6) is 0 Å². The Kier molecular flexibility index (Phi) is 7.67. The van der Waals surface area contributed by atoms with E-state index in [1.807, 2.05) is 0 Å². The van der Waals surface area contributed by atoms with Crippen molar-refractivity contribution in [1.29, 1.82) is 0 Å². The molecule has 0 heterocycles. The molecule has 1 amide bonds. The summed E-state index contributed by atoms with van der Waals surface area (Å²) in [4.78, 5) is 18.6. The molecule has 0 rings (SSSR count). The first-order chi connectivity index (χ1) is 4.91. The number of carboxylic acids is 1. The number of hydrogen-bond acceptors (Lipinski definition) is 3. The number of primary amides is 1. The number of nitrogens with two attached hydrogens (primary N) is 2. The van der Waals surface area contributed by atoms with E-state index in [2.05, 4.69) is 5.73 Å². The van der Waals surface area contributed by atoms with Gasteiger partial charge in [-0.3, -0.25) is 4.79 Å². The topological polar surface area (TPSA) is 127 Å². The Hall–Kier alpha value is -1.30. The Bertz CT molecular complexity index is 132. The average Bonchev–Trinajstić information content (AvgIpc) is 1.85. The van der Waals surface area contributed by atoms with E-state index in [1.165, 1.54) is 0 Å². The van der Waals surface area contributed by atoms with Gasteiger partial charge in [-0.15, -0.1) is 0 Å². The molecule has 1 atom stereocenters. The zero-order valence-electron chi connectivity index (χ0n) is 6.15. The molecule has 0 saturated carbocycles. The van der Waals surface area contributed by atoms with Crippen LogP contribution in [-0.4, -0.2) is 28.3 Å². The van der Waals surface area contributed by atoms with E-state index in [0.717, 1.165) is 0 Å². The van der Waals surface area contributed by atoms with E-state index in [-0.39, 0.29) is 0 Å². The number of carboxylic acid groups (broad SMARTS) is 2. The maximum absolute atomic E-state index is 9.81. The highest BCUT2D eigenvalue weighted by Crippen LogP contribution is 1.82. The van der Waals surface area contributed by atoms with Gasteiger partial charge in [0.15, 0.2) is 0 Å². The summed E-state index contributed by atoms with van der Waals surface area (Å²) < 4.78 is 0. The fraction of sp³-hybridized carbons (Fsp3) is 0.600. The van der Waals surface area contributed by atoms with Crippen LogP contribution in [-0.2, 0) is 4.79 Å². The Morgan fingerprint density at radius 1 is 1.45 bits per heavy atom. The third-order valence-corrected chi connectivity index (χ3v) is 0.757. The molecule has 0 aromatic carbocycles. The van der Waals surface area contributed by atoms with Crippen LogP contribution in [0, 0.1) is 0 Å². The minimum Gasteiger partial charge on any atom is -0.480 e. The van der Waals surface area contributed by atoms with Crippen LogP contribution < -0.4 is 11.5 Å². The molecule has 0 aliphatic carbocycles. The van der Waals surface area contributed by atoms with Gasteiger partial charge >= 0.3 is 12.1 Å². The Balaban J connectivity index is 0. The molecule has 0 aliphatic rings. The number of hydrogen-bond donors (Lipinski definition) is 4. The molecule has 0 saturated heterocycles. The first-order valence-corrected chi connectivity index (χ1v) is 2.88. The predicted octanol–water partition coefficient (Wildman–Crippen LogP) is -0.569. The van der Waals surface area contributed by atoms with Crippen LogP contribution in [0.15, 0.2) is 0 Å². The molecule has 1 unspecified atom stereocenters. The summed E-state index contributed by atoms with van der Waals surface area (Å²) in [6, 6.07) is -0.681. The van der Waals surface area contributed by atoms with Gasteiger partial charge in [-0.1, -0.05) is 6.92 Å². The maximum atomic E-state index is 9.81. The standard InChI is InChI=1S/C4H9NO2.CH3NO2/c1-2-3(5)4(6)7;2-1(3)4/h3H,2,5H2,1H3,(H,6,7);2H2,(H,3,4). The zero-order chi connectivity index (χ0) is 9.44. The van der Waals surface area contributed by atoms with Gasteiger partial charge in [0.05, 0.1) is 0 Å². The van der Waals surface area contributed by atoms with Crippen molar-refractivity contribution in [3.8, 4) is 0 Å². The summed E-state index contributed by atoms with van der Waals surface area (Å²) in [7, 11) is 0. The van der Waals surface area contributed by atoms with Crippen LogP contribution in [0.4, 0.5) is 4.79 Å². The summed E-state index contributed by atoms with van der Waals surface area (Å²) in [5.74, 6) is -0.928. The SMILES string of the molecule is CCC(N)C(=O)O.NC(=O)O. The summed E-state index contributed by atoms with van der Waals surface area (Å²) in [5, 5.41) is 15.3. The molecule has 0 radical (unpaired) electrons. The normalized spacial score (nSPS) is 10.7. The van der Waals surface area contributed by atoms with Gasteiger partial charge in [-0.05, 0) is 6.42 Å². The number of rotatable bonds is 2. The molecule has 0 aliphatic heterocycles. The maximum Gasteiger partial charge on any atom is 0.402 e. The highest BCUT2D eigenvalue weighted by molar-refractivity contribution is 5.72. The quantitative estimate of drug-likeness (QED) is 0.434. The summed E-state index contributed by atoms with van der Waals surface area (Å²) >= 11 is 0. The Morgan fingerprint density at radius 3 is 1.73 bits per heavy atom. The first-order valence-electron chi connectivity index (χ1n) is 2.88. The molecule has 0 spiro atoms. The van der Waals surface area contributed by atoms with Crippen molar-refractivity contribution < 1.29 is 19.8 Å². The molecule has 0 fully saturated rings. The van der Waals surface area contributed by atoms with Gasteiger partial charge in [0.25, 0.3) is 0 Å². The number of carbonyl (C=O) groups is 2. The van der Waals surface area contributed by atoms with Gasteiger partial charge < -0.3 is 21.7 Å². The van der Waals surface area contributed by atoms with Crippen LogP contribution in [0.3, 0.4) is 0 Å². The molecular weight excluding hydrogens is 152 g/mol. The second-order valence-electron chi connectivity index (χ2n) is 1.69. The molecule has 0 aromatic rings. The zero-order valence-corrected chi connectivity index (χ0v) is 6.15. The van der Waals surface area contributed by atoms with E-state index in [9.17, 15) is 4.79 Å². The van der Waals surface area contributed by atoms with Crippen molar-refractivity contribution in [3.63, 3.8) is 0 Å². The van der Waals surface area contributed by atoms with Gasteiger partial charge in [0.2, 0.25) is 0 Å². The van der Waals surface area contributed by atoms with Crippen LogP contribution in [0.25, 0.3) is 0 Å². The van der Waals surface area contributed by atoms with Gasteiger partial charge in [0, 0.05) is 0 Å².